The molecule has 0 N–H and O–H groups in total. The zero-order valence-electron chi connectivity index (χ0n) is 12.6. The van der Waals surface area contributed by atoms with E-state index in [1.807, 2.05) is 25.0 Å². The van der Waals surface area contributed by atoms with Gasteiger partial charge in [-0.3, -0.25) is 0 Å². The molecule has 0 amide bonds. The van der Waals surface area contributed by atoms with E-state index in [1.165, 1.54) is 16.0 Å². The molecule has 4 heteroatoms. The molecule has 108 valence electrons. The molecule has 0 radical (unpaired) electrons. The van der Waals surface area contributed by atoms with Crippen LogP contribution >= 0.6 is 11.8 Å². The zero-order chi connectivity index (χ0) is 14.8. The van der Waals surface area contributed by atoms with Crippen molar-refractivity contribution in [2.75, 3.05) is 5.75 Å². The van der Waals surface area contributed by atoms with Gasteiger partial charge < -0.3 is 4.57 Å². The van der Waals surface area contributed by atoms with Gasteiger partial charge in [0.2, 0.25) is 0 Å². The Hall–Kier alpha value is -1.81. The summed E-state index contributed by atoms with van der Waals surface area (Å²) >= 11 is 1.85. The van der Waals surface area contributed by atoms with E-state index in [0.29, 0.717) is 0 Å². The van der Waals surface area contributed by atoms with Crippen molar-refractivity contribution in [3.8, 4) is 11.4 Å². The first-order valence-corrected chi connectivity index (χ1v) is 8.26. The van der Waals surface area contributed by atoms with Crippen LogP contribution in [0.5, 0.6) is 0 Å². The molecule has 0 aliphatic heterocycles. The fraction of sp³-hybridized carbons (Fsp3) is 0.294. The summed E-state index contributed by atoms with van der Waals surface area (Å²) in [5.74, 6) is 2.04. The third kappa shape index (κ3) is 2.56. The molecule has 2 aromatic heterocycles. The Morgan fingerprint density at radius 1 is 1.19 bits per heavy atom. The van der Waals surface area contributed by atoms with E-state index in [2.05, 4.69) is 53.7 Å². The molecule has 21 heavy (non-hydrogen) atoms. The molecule has 2 heterocycles. The molecule has 1 aromatic carbocycles. The molecular weight excluding hydrogens is 278 g/mol. The van der Waals surface area contributed by atoms with Crippen molar-refractivity contribution in [2.45, 2.75) is 25.2 Å². The fourth-order valence-electron chi connectivity index (χ4n) is 2.48. The summed E-state index contributed by atoms with van der Waals surface area (Å²) < 4.78 is 2.09. The van der Waals surface area contributed by atoms with Gasteiger partial charge in [0.05, 0.1) is 0 Å². The third-order valence-corrected chi connectivity index (χ3v) is 4.56. The molecule has 0 aliphatic carbocycles. The first-order valence-electron chi connectivity index (χ1n) is 7.28. The summed E-state index contributed by atoms with van der Waals surface area (Å²) in [6, 6.07) is 10.6. The van der Waals surface area contributed by atoms with Crippen LogP contribution in [-0.4, -0.2) is 20.3 Å². The second kappa shape index (κ2) is 5.90. The molecule has 0 saturated heterocycles. The van der Waals surface area contributed by atoms with Crippen LogP contribution in [0.1, 0.15) is 19.4 Å². The Labute approximate surface area is 129 Å². The van der Waals surface area contributed by atoms with Crippen molar-refractivity contribution >= 4 is 22.9 Å². The molecule has 0 unspecified atom stereocenters. The van der Waals surface area contributed by atoms with Gasteiger partial charge in [-0.05, 0) is 29.9 Å². The lowest BCUT2D eigenvalue weighted by Gasteiger charge is -2.07. The lowest BCUT2D eigenvalue weighted by atomic mass is 10.2. The van der Waals surface area contributed by atoms with Gasteiger partial charge in [0.15, 0.2) is 5.65 Å². The Morgan fingerprint density at radius 2 is 2.00 bits per heavy atom. The van der Waals surface area contributed by atoms with Crippen LogP contribution in [0.2, 0.25) is 0 Å². The predicted molar refractivity (Wildman–Crippen MR) is 89.7 cm³/mol. The van der Waals surface area contributed by atoms with Gasteiger partial charge in [0, 0.05) is 23.7 Å². The molecule has 3 nitrogen and oxygen atoms in total. The predicted octanol–water partition coefficient (Wildman–Crippen LogP) is 4.31. The standard InChI is InChI=1S/C17H19N3S/c1-4-12-10-14-17(18-11-12)20(3)16(19-14)13-8-6-7-9-15(13)21-5-2/h6-11H,4-5H2,1-3H3. The molecular formula is C17H19N3S. The highest BCUT2D eigenvalue weighted by Gasteiger charge is 2.14. The van der Waals surface area contributed by atoms with Gasteiger partial charge >= 0.3 is 0 Å². The smallest absolute Gasteiger partial charge is 0.160 e. The minimum Gasteiger partial charge on any atom is -0.312 e. The maximum atomic E-state index is 4.82. The van der Waals surface area contributed by atoms with Gasteiger partial charge in [-0.1, -0.05) is 32.0 Å². The van der Waals surface area contributed by atoms with E-state index >= 15 is 0 Å². The monoisotopic (exact) mass is 297 g/mol. The molecule has 0 atom stereocenters. The second-order valence-corrected chi connectivity index (χ2v) is 6.27. The molecule has 0 bridgehead atoms. The maximum Gasteiger partial charge on any atom is 0.160 e. The Morgan fingerprint density at radius 3 is 2.76 bits per heavy atom. The summed E-state index contributed by atoms with van der Waals surface area (Å²) in [5.41, 5.74) is 4.33. The number of hydrogen-bond donors (Lipinski definition) is 0. The third-order valence-electron chi connectivity index (χ3n) is 3.60. The first-order chi connectivity index (χ1) is 10.2. The normalized spacial score (nSPS) is 11.2. The van der Waals surface area contributed by atoms with Gasteiger partial charge in [0.1, 0.15) is 11.3 Å². The van der Waals surface area contributed by atoms with Gasteiger partial charge in [-0.2, -0.15) is 0 Å². The summed E-state index contributed by atoms with van der Waals surface area (Å²) in [7, 11) is 2.04. The SMILES string of the molecule is CCSc1ccccc1-c1nc2cc(CC)cnc2n1C. The Bertz CT molecular complexity index is 777. The van der Waals surface area contributed by atoms with Crippen LogP contribution in [0, 0.1) is 0 Å². The quantitative estimate of drug-likeness (QED) is 0.672. The number of aromatic nitrogens is 3. The number of nitrogens with zero attached hydrogens (tertiary/aromatic N) is 3. The van der Waals surface area contributed by atoms with Crippen molar-refractivity contribution in [1.29, 1.82) is 0 Å². The highest BCUT2D eigenvalue weighted by Crippen LogP contribution is 2.31. The minimum absolute atomic E-state index is 0.943. The number of benzene rings is 1. The number of rotatable bonds is 4. The number of aryl methyl sites for hydroxylation is 2. The van der Waals surface area contributed by atoms with E-state index in [9.17, 15) is 0 Å². The zero-order valence-corrected chi connectivity index (χ0v) is 13.4. The van der Waals surface area contributed by atoms with Crippen LogP contribution in [0.4, 0.5) is 0 Å². The molecule has 0 aliphatic rings. The second-order valence-electron chi connectivity index (χ2n) is 4.96. The lowest BCUT2D eigenvalue weighted by Crippen LogP contribution is -1.95. The Balaban J connectivity index is 2.19. The van der Waals surface area contributed by atoms with Crippen molar-refractivity contribution < 1.29 is 0 Å². The summed E-state index contributed by atoms with van der Waals surface area (Å²) in [5, 5.41) is 0. The molecule has 0 spiro atoms. The lowest BCUT2D eigenvalue weighted by molar-refractivity contribution is 0.936. The van der Waals surface area contributed by atoms with Crippen LogP contribution in [-0.2, 0) is 13.5 Å². The highest BCUT2D eigenvalue weighted by atomic mass is 32.2. The van der Waals surface area contributed by atoms with Gasteiger partial charge in [0.25, 0.3) is 0 Å². The molecule has 3 aromatic rings. The van der Waals surface area contributed by atoms with Crippen LogP contribution < -0.4 is 0 Å². The van der Waals surface area contributed by atoms with Gasteiger partial charge in [-0.25, -0.2) is 9.97 Å². The molecule has 3 rings (SSSR count). The van der Waals surface area contributed by atoms with Crippen LogP contribution in [0.15, 0.2) is 41.4 Å². The van der Waals surface area contributed by atoms with Crippen LogP contribution in [0.25, 0.3) is 22.6 Å². The average Bonchev–Trinajstić information content (AvgIpc) is 2.84. The number of fused-ring (bicyclic) bond motifs is 1. The van der Waals surface area contributed by atoms with E-state index < -0.39 is 0 Å². The largest absolute Gasteiger partial charge is 0.312 e. The summed E-state index contributed by atoms with van der Waals surface area (Å²) in [6.07, 6.45) is 2.93. The average molecular weight is 297 g/mol. The molecule has 0 saturated carbocycles. The topological polar surface area (TPSA) is 30.7 Å². The van der Waals surface area contributed by atoms with Crippen molar-refractivity contribution in [3.05, 3.63) is 42.1 Å². The number of thioether (sulfide) groups is 1. The van der Waals surface area contributed by atoms with Gasteiger partial charge in [-0.15, -0.1) is 11.8 Å². The van der Waals surface area contributed by atoms with Crippen molar-refractivity contribution in [3.63, 3.8) is 0 Å². The van der Waals surface area contributed by atoms with Crippen molar-refractivity contribution in [1.82, 2.24) is 14.5 Å². The van der Waals surface area contributed by atoms with E-state index in [0.717, 1.165) is 29.2 Å². The van der Waals surface area contributed by atoms with Crippen LogP contribution in [0.3, 0.4) is 0 Å². The number of pyridine rings is 1. The Kier molecular flexibility index (Phi) is 3.97. The van der Waals surface area contributed by atoms with Crippen molar-refractivity contribution in [2.24, 2.45) is 7.05 Å². The first kappa shape index (κ1) is 14.1. The van der Waals surface area contributed by atoms with E-state index in [1.54, 1.807) is 0 Å². The molecule has 0 fully saturated rings. The van der Waals surface area contributed by atoms with E-state index in [-0.39, 0.29) is 0 Å². The number of hydrogen-bond acceptors (Lipinski definition) is 3. The number of imidazole rings is 1. The summed E-state index contributed by atoms with van der Waals surface area (Å²) in [4.78, 5) is 10.7. The highest BCUT2D eigenvalue weighted by molar-refractivity contribution is 7.99. The maximum absolute atomic E-state index is 4.82. The fourth-order valence-corrected chi connectivity index (χ4v) is 3.29. The summed E-state index contributed by atoms with van der Waals surface area (Å²) in [6.45, 7) is 4.31. The minimum atomic E-state index is 0.943. The van der Waals surface area contributed by atoms with E-state index in [4.69, 9.17) is 4.98 Å².